The van der Waals surface area contributed by atoms with Crippen molar-refractivity contribution in [1.29, 1.82) is 0 Å². The first-order chi connectivity index (χ1) is 10.2. The van der Waals surface area contributed by atoms with Gasteiger partial charge >= 0.3 is 0 Å². The Morgan fingerprint density at radius 2 is 1.52 bits per heavy atom. The molecule has 1 heteroatoms. The summed E-state index contributed by atoms with van der Waals surface area (Å²) < 4.78 is 0. The first kappa shape index (κ1) is 13.1. The molecule has 2 aromatic rings. The lowest BCUT2D eigenvalue weighted by Crippen LogP contribution is -2.37. The van der Waals surface area contributed by atoms with Gasteiger partial charge in [-0.05, 0) is 73.2 Å². The molecule has 0 radical (unpaired) electrons. The van der Waals surface area contributed by atoms with E-state index in [1.54, 1.807) is 22.3 Å². The maximum absolute atomic E-state index is 3.42. The Bertz CT molecular complexity index is 647. The van der Waals surface area contributed by atoms with Gasteiger partial charge in [-0.1, -0.05) is 36.4 Å². The van der Waals surface area contributed by atoms with Crippen molar-refractivity contribution in [3.8, 4) is 0 Å². The summed E-state index contributed by atoms with van der Waals surface area (Å²) in [6.07, 6.45) is 1.29. The Morgan fingerprint density at radius 3 is 2.05 bits per heavy atom. The van der Waals surface area contributed by atoms with Crippen LogP contribution in [0.4, 0.5) is 0 Å². The van der Waals surface area contributed by atoms with E-state index >= 15 is 0 Å². The molecule has 0 fully saturated rings. The average Bonchev–Trinajstić information content (AvgIpc) is 2.48. The highest BCUT2D eigenvalue weighted by molar-refractivity contribution is 5.59. The monoisotopic (exact) mass is 277 g/mol. The zero-order valence-electron chi connectivity index (χ0n) is 13.1. The van der Waals surface area contributed by atoms with Crippen LogP contribution < -0.4 is 5.32 Å². The Kier molecular flexibility index (Phi) is 2.93. The predicted molar refractivity (Wildman–Crippen MR) is 88.1 cm³/mol. The van der Waals surface area contributed by atoms with Crippen molar-refractivity contribution in [2.75, 3.05) is 13.6 Å². The van der Waals surface area contributed by atoms with E-state index in [1.165, 1.54) is 17.5 Å². The molecule has 3 aliphatic carbocycles. The van der Waals surface area contributed by atoms with Crippen LogP contribution in [0.25, 0.3) is 0 Å². The fourth-order valence-electron chi connectivity index (χ4n) is 4.80. The van der Waals surface area contributed by atoms with Gasteiger partial charge in [0.15, 0.2) is 0 Å². The maximum atomic E-state index is 3.42. The number of benzene rings is 2. The van der Waals surface area contributed by atoms with E-state index < -0.39 is 0 Å². The molecule has 0 aliphatic heterocycles. The van der Waals surface area contributed by atoms with E-state index in [0.29, 0.717) is 11.8 Å². The normalized spacial score (nSPS) is 25.6. The predicted octanol–water partition coefficient (Wildman–Crippen LogP) is 4.12. The molecule has 2 aromatic carbocycles. The van der Waals surface area contributed by atoms with Crippen LogP contribution in [-0.2, 0) is 0 Å². The van der Waals surface area contributed by atoms with Gasteiger partial charge in [-0.25, -0.2) is 0 Å². The van der Waals surface area contributed by atoms with Crippen LogP contribution in [0.15, 0.2) is 36.4 Å². The van der Waals surface area contributed by atoms with E-state index in [9.17, 15) is 0 Å². The molecule has 0 saturated carbocycles. The van der Waals surface area contributed by atoms with Gasteiger partial charge < -0.3 is 5.32 Å². The summed E-state index contributed by atoms with van der Waals surface area (Å²) in [5, 5.41) is 3.42. The quantitative estimate of drug-likeness (QED) is 0.870. The topological polar surface area (TPSA) is 12.0 Å². The van der Waals surface area contributed by atoms with E-state index in [-0.39, 0.29) is 0 Å². The van der Waals surface area contributed by atoms with Gasteiger partial charge in [-0.15, -0.1) is 0 Å². The molecule has 2 bridgehead atoms. The largest absolute Gasteiger partial charge is 0.319 e. The highest BCUT2D eigenvalue weighted by Crippen LogP contribution is 2.56. The van der Waals surface area contributed by atoms with Crippen LogP contribution in [0.3, 0.4) is 0 Å². The van der Waals surface area contributed by atoms with Gasteiger partial charge in [0, 0.05) is 11.8 Å². The molecule has 1 nitrogen and oxygen atoms in total. The number of rotatable bonds is 2. The molecule has 0 amide bonds. The third-order valence-corrected chi connectivity index (χ3v) is 5.56. The molecule has 0 aromatic heterocycles. The first-order valence-corrected chi connectivity index (χ1v) is 8.05. The van der Waals surface area contributed by atoms with Crippen LogP contribution in [0.2, 0.25) is 0 Å². The van der Waals surface area contributed by atoms with E-state index in [0.717, 1.165) is 12.5 Å². The second kappa shape index (κ2) is 4.71. The minimum absolute atomic E-state index is 0.579. The zero-order chi connectivity index (χ0) is 14.6. The van der Waals surface area contributed by atoms with Crippen molar-refractivity contribution in [1.82, 2.24) is 5.32 Å². The lowest BCUT2D eigenvalue weighted by Gasteiger charge is -2.47. The van der Waals surface area contributed by atoms with Crippen molar-refractivity contribution in [3.63, 3.8) is 0 Å². The Balaban J connectivity index is 1.99. The van der Waals surface area contributed by atoms with Gasteiger partial charge in [-0.2, -0.15) is 0 Å². The maximum Gasteiger partial charge on any atom is 0.0141 e. The van der Waals surface area contributed by atoms with Crippen LogP contribution in [0.1, 0.15) is 51.6 Å². The average molecular weight is 277 g/mol. The Hall–Kier alpha value is -1.60. The fourth-order valence-corrected chi connectivity index (χ4v) is 4.80. The summed E-state index contributed by atoms with van der Waals surface area (Å²) in [7, 11) is 2.08. The van der Waals surface area contributed by atoms with E-state index in [1.807, 2.05) is 0 Å². The van der Waals surface area contributed by atoms with Crippen molar-refractivity contribution in [2.24, 2.45) is 5.92 Å². The summed E-state index contributed by atoms with van der Waals surface area (Å²) in [4.78, 5) is 0. The summed E-state index contributed by atoms with van der Waals surface area (Å²) in [6, 6.07) is 13.8. The lowest BCUT2D eigenvalue weighted by atomic mass is 9.57. The van der Waals surface area contributed by atoms with Gasteiger partial charge in [-0.3, -0.25) is 0 Å². The Morgan fingerprint density at radius 1 is 0.952 bits per heavy atom. The third kappa shape index (κ3) is 1.74. The molecule has 1 atom stereocenters. The smallest absolute Gasteiger partial charge is 0.0141 e. The molecule has 1 unspecified atom stereocenters. The van der Waals surface area contributed by atoms with Gasteiger partial charge in [0.2, 0.25) is 0 Å². The zero-order valence-corrected chi connectivity index (χ0v) is 13.1. The lowest BCUT2D eigenvalue weighted by molar-refractivity contribution is 0.345. The highest BCUT2D eigenvalue weighted by Gasteiger charge is 2.44. The van der Waals surface area contributed by atoms with Crippen molar-refractivity contribution >= 4 is 0 Å². The second-order valence-corrected chi connectivity index (χ2v) is 6.74. The van der Waals surface area contributed by atoms with Gasteiger partial charge in [0.05, 0.1) is 0 Å². The van der Waals surface area contributed by atoms with Crippen molar-refractivity contribution < 1.29 is 0 Å². The molecule has 0 saturated heterocycles. The van der Waals surface area contributed by atoms with Crippen LogP contribution >= 0.6 is 0 Å². The number of aryl methyl sites for hydroxylation is 2. The third-order valence-electron chi connectivity index (χ3n) is 5.56. The fraction of sp³-hybridized carbons (Fsp3) is 0.400. The summed E-state index contributed by atoms with van der Waals surface area (Å²) in [5.74, 6) is 1.90. The molecular weight excluding hydrogens is 254 g/mol. The van der Waals surface area contributed by atoms with E-state index in [2.05, 4.69) is 62.6 Å². The summed E-state index contributed by atoms with van der Waals surface area (Å²) >= 11 is 0. The Labute approximate surface area is 127 Å². The van der Waals surface area contributed by atoms with Gasteiger partial charge in [0.25, 0.3) is 0 Å². The summed E-state index contributed by atoms with van der Waals surface area (Å²) in [6.45, 7) is 5.69. The highest BCUT2D eigenvalue weighted by atomic mass is 14.8. The van der Waals surface area contributed by atoms with Crippen LogP contribution in [0.5, 0.6) is 0 Å². The molecular formula is C20H23N. The molecule has 5 rings (SSSR count). The molecule has 21 heavy (non-hydrogen) atoms. The first-order valence-electron chi connectivity index (χ1n) is 8.05. The van der Waals surface area contributed by atoms with Crippen LogP contribution in [-0.4, -0.2) is 13.6 Å². The standard InChI is InChI=1S/C20H23N/c1-12-6-4-8-15-17-10-14(11-21-3)20(18(12)15)19-13(2)7-5-9-16(17)19/h4-9,14,17,20-21H,10-11H2,1-3H3. The number of fused-ring (bicyclic) bond motifs is 1. The van der Waals surface area contributed by atoms with Crippen molar-refractivity contribution in [2.45, 2.75) is 32.1 Å². The number of hydrogen-bond acceptors (Lipinski definition) is 1. The minimum Gasteiger partial charge on any atom is -0.319 e. The molecule has 3 aliphatic rings. The second-order valence-electron chi connectivity index (χ2n) is 6.74. The molecule has 1 N–H and O–H groups in total. The minimum atomic E-state index is 0.579. The van der Waals surface area contributed by atoms with Gasteiger partial charge in [0.1, 0.15) is 0 Å². The number of nitrogens with one attached hydrogen (secondary N) is 1. The van der Waals surface area contributed by atoms with E-state index in [4.69, 9.17) is 0 Å². The van der Waals surface area contributed by atoms with Crippen LogP contribution in [0, 0.1) is 19.8 Å². The summed E-state index contributed by atoms with van der Waals surface area (Å²) in [5.41, 5.74) is 9.36. The molecule has 108 valence electrons. The van der Waals surface area contributed by atoms with Crippen molar-refractivity contribution in [3.05, 3.63) is 69.8 Å². The SMILES string of the molecule is CNCC1CC2c3cccc(C)c3C1c1c(C)cccc12. The molecule has 0 spiro atoms. The number of hydrogen-bond donors (Lipinski definition) is 1. The molecule has 0 heterocycles.